The highest BCUT2D eigenvalue weighted by Crippen LogP contribution is 2.38. The Morgan fingerprint density at radius 2 is 2.06 bits per heavy atom. The van der Waals surface area contributed by atoms with Crippen LogP contribution in [0, 0.1) is 11.8 Å². The summed E-state index contributed by atoms with van der Waals surface area (Å²) in [6.07, 6.45) is 4.92. The molecular formula is C14H24BrN3. The summed E-state index contributed by atoms with van der Waals surface area (Å²) >= 11 is 3.72. The molecule has 1 aliphatic rings. The van der Waals surface area contributed by atoms with Crippen LogP contribution in [0.1, 0.15) is 38.1 Å². The third kappa shape index (κ3) is 2.80. The van der Waals surface area contributed by atoms with E-state index in [1.165, 1.54) is 41.7 Å². The lowest BCUT2D eigenvalue weighted by Gasteiger charge is -2.37. The third-order valence-corrected chi connectivity index (χ3v) is 5.11. The zero-order valence-electron chi connectivity index (χ0n) is 11.7. The third-order valence-electron chi connectivity index (χ3n) is 4.19. The minimum atomic E-state index is 0.834. The molecule has 3 nitrogen and oxygen atoms in total. The van der Waals surface area contributed by atoms with E-state index in [1.807, 2.05) is 0 Å². The van der Waals surface area contributed by atoms with E-state index in [1.54, 1.807) is 0 Å². The van der Waals surface area contributed by atoms with Crippen molar-refractivity contribution in [1.82, 2.24) is 15.1 Å². The second-order valence-electron chi connectivity index (χ2n) is 5.29. The largest absolute Gasteiger partial charge is 0.317 e. The van der Waals surface area contributed by atoms with Gasteiger partial charge in [0.1, 0.15) is 0 Å². The fourth-order valence-electron chi connectivity index (χ4n) is 2.80. The lowest BCUT2D eigenvalue weighted by Crippen LogP contribution is -2.36. The first-order valence-electron chi connectivity index (χ1n) is 7.08. The molecule has 0 bridgehead atoms. The number of hydrogen-bond donors (Lipinski definition) is 1. The lowest BCUT2D eigenvalue weighted by molar-refractivity contribution is 0.169. The van der Waals surface area contributed by atoms with Gasteiger partial charge in [0.15, 0.2) is 0 Å². The van der Waals surface area contributed by atoms with Crippen LogP contribution in [0.25, 0.3) is 0 Å². The average Bonchev–Trinajstić information content (AvgIpc) is 2.61. The maximum Gasteiger partial charge on any atom is 0.0766 e. The molecule has 0 amide bonds. The first kappa shape index (κ1) is 14.1. The highest BCUT2D eigenvalue weighted by Gasteiger charge is 2.31. The minimum Gasteiger partial charge on any atom is -0.317 e. The first-order chi connectivity index (χ1) is 8.67. The van der Waals surface area contributed by atoms with Gasteiger partial charge in [0, 0.05) is 7.05 Å². The van der Waals surface area contributed by atoms with Gasteiger partial charge in [-0.1, -0.05) is 13.8 Å². The molecule has 1 aromatic heterocycles. The number of nitrogens with one attached hydrogen (secondary N) is 1. The zero-order valence-corrected chi connectivity index (χ0v) is 13.3. The molecule has 102 valence electrons. The average molecular weight is 314 g/mol. The molecule has 1 aromatic rings. The highest BCUT2D eigenvalue weighted by molar-refractivity contribution is 9.10. The Hall–Kier alpha value is -0.350. The van der Waals surface area contributed by atoms with Gasteiger partial charge in [-0.3, -0.25) is 4.68 Å². The zero-order chi connectivity index (χ0) is 13.1. The van der Waals surface area contributed by atoms with E-state index in [2.05, 4.69) is 51.9 Å². The number of aryl methyl sites for hydroxylation is 2. The molecule has 2 unspecified atom stereocenters. The van der Waals surface area contributed by atoms with Gasteiger partial charge in [-0.25, -0.2) is 0 Å². The topological polar surface area (TPSA) is 29.9 Å². The van der Waals surface area contributed by atoms with Crippen LogP contribution in [0.15, 0.2) is 4.47 Å². The number of nitrogens with zero attached hydrogens (tertiary/aromatic N) is 2. The monoisotopic (exact) mass is 313 g/mol. The van der Waals surface area contributed by atoms with Gasteiger partial charge >= 0.3 is 0 Å². The summed E-state index contributed by atoms with van der Waals surface area (Å²) < 4.78 is 3.30. The van der Waals surface area contributed by atoms with Crippen molar-refractivity contribution < 1.29 is 0 Å². The SMILES string of the molecule is CCNCC1CCC1Cc1c(Br)c(CC)nn1C. The Morgan fingerprint density at radius 3 is 2.56 bits per heavy atom. The molecule has 1 aliphatic carbocycles. The quantitative estimate of drug-likeness (QED) is 0.875. The Kier molecular flexibility index (Phi) is 4.84. The van der Waals surface area contributed by atoms with Crippen molar-refractivity contribution in [1.29, 1.82) is 0 Å². The van der Waals surface area contributed by atoms with Crippen LogP contribution in [0.5, 0.6) is 0 Å². The molecule has 2 rings (SSSR count). The van der Waals surface area contributed by atoms with Crippen LogP contribution >= 0.6 is 15.9 Å². The van der Waals surface area contributed by atoms with Crippen LogP contribution in [-0.4, -0.2) is 22.9 Å². The van der Waals surface area contributed by atoms with Crippen molar-refractivity contribution in [2.45, 2.75) is 39.5 Å². The molecule has 1 N–H and O–H groups in total. The molecule has 0 radical (unpaired) electrons. The van der Waals surface area contributed by atoms with Crippen molar-refractivity contribution in [3.63, 3.8) is 0 Å². The number of rotatable bonds is 6. The maximum atomic E-state index is 4.58. The van der Waals surface area contributed by atoms with E-state index in [4.69, 9.17) is 0 Å². The standard InChI is InChI=1S/C14H24BrN3/c1-4-12-14(15)13(18(3)17-12)8-10-6-7-11(10)9-16-5-2/h10-11,16H,4-9H2,1-3H3. The molecule has 4 heteroatoms. The van der Waals surface area contributed by atoms with Crippen LogP contribution in [-0.2, 0) is 19.9 Å². The van der Waals surface area contributed by atoms with Crippen molar-refractivity contribution >= 4 is 15.9 Å². The fraction of sp³-hybridized carbons (Fsp3) is 0.786. The molecule has 2 atom stereocenters. The molecule has 1 fully saturated rings. The predicted molar refractivity (Wildman–Crippen MR) is 78.7 cm³/mol. The highest BCUT2D eigenvalue weighted by atomic mass is 79.9. The number of aromatic nitrogens is 2. The summed E-state index contributed by atoms with van der Waals surface area (Å²) in [5.41, 5.74) is 2.56. The smallest absolute Gasteiger partial charge is 0.0766 e. The van der Waals surface area contributed by atoms with Gasteiger partial charge in [0.25, 0.3) is 0 Å². The minimum absolute atomic E-state index is 0.834. The van der Waals surface area contributed by atoms with Crippen LogP contribution in [0.3, 0.4) is 0 Å². The maximum absolute atomic E-state index is 4.58. The second-order valence-corrected chi connectivity index (χ2v) is 6.09. The Labute approximate surface area is 118 Å². The van der Waals surface area contributed by atoms with Crippen molar-refractivity contribution in [2.24, 2.45) is 18.9 Å². The summed E-state index contributed by atoms with van der Waals surface area (Å²) in [5.74, 6) is 1.69. The van der Waals surface area contributed by atoms with Gasteiger partial charge in [0.05, 0.1) is 15.9 Å². The van der Waals surface area contributed by atoms with E-state index in [9.17, 15) is 0 Å². The molecule has 0 aromatic carbocycles. The Morgan fingerprint density at radius 1 is 1.33 bits per heavy atom. The van der Waals surface area contributed by atoms with Crippen molar-refractivity contribution in [2.75, 3.05) is 13.1 Å². The Balaban J connectivity index is 1.99. The van der Waals surface area contributed by atoms with Gasteiger partial charge in [-0.15, -0.1) is 0 Å². The molecule has 1 heterocycles. The van der Waals surface area contributed by atoms with Gasteiger partial charge in [-0.05, 0) is 66.5 Å². The van der Waals surface area contributed by atoms with Crippen molar-refractivity contribution in [3.05, 3.63) is 15.9 Å². The van der Waals surface area contributed by atoms with E-state index in [0.29, 0.717) is 0 Å². The fourth-order valence-corrected chi connectivity index (χ4v) is 3.57. The molecule has 0 spiro atoms. The van der Waals surface area contributed by atoms with Crippen LogP contribution in [0.2, 0.25) is 0 Å². The van der Waals surface area contributed by atoms with E-state index < -0.39 is 0 Å². The van der Waals surface area contributed by atoms with Crippen LogP contribution < -0.4 is 5.32 Å². The second kappa shape index (κ2) is 6.20. The van der Waals surface area contributed by atoms with Crippen LogP contribution in [0.4, 0.5) is 0 Å². The first-order valence-corrected chi connectivity index (χ1v) is 7.87. The van der Waals surface area contributed by atoms with Gasteiger partial charge in [-0.2, -0.15) is 5.10 Å². The van der Waals surface area contributed by atoms with Crippen molar-refractivity contribution in [3.8, 4) is 0 Å². The summed E-state index contributed by atoms with van der Waals surface area (Å²) in [4.78, 5) is 0. The predicted octanol–water partition coefficient (Wildman–Crippen LogP) is 2.92. The summed E-state index contributed by atoms with van der Waals surface area (Å²) in [6.45, 7) is 6.60. The van der Waals surface area contributed by atoms with Gasteiger partial charge in [0.2, 0.25) is 0 Å². The molecule has 0 aliphatic heterocycles. The molecule has 18 heavy (non-hydrogen) atoms. The molecule has 0 saturated heterocycles. The van der Waals surface area contributed by atoms with E-state index in [-0.39, 0.29) is 0 Å². The van der Waals surface area contributed by atoms with E-state index >= 15 is 0 Å². The molecule has 1 saturated carbocycles. The normalized spacial score (nSPS) is 23.1. The van der Waals surface area contributed by atoms with Gasteiger partial charge < -0.3 is 5.32 Å². The summed E-state index contributed by atoms with van der Waals surface area (Å²) in [5, 5.41) is 8.06. The summed E-state index contributed by atoms with van der Waals surface area (Å²) in [7, 11) is 2.07. The summed E-state index contributed by atoms with van der Waals surface area (Å²) in [6, 6.07) is 0. The number of halogens is 1. The van der Waals surface area contributed by atoms with E-state index in [0.717, 1.165) is 24.8 Å². The lowest BCUT2D eigenvalue weighted by atomic mass is 9.71. The molecular weight excluding hydrogens is 290 g/mol. The number of hydrogen-bond acceptors (Lipinski definition) is 2. The Bertz CT molecular complexity index is 400.